The van der Waals surface area contributed by atoms with Gasteiger partial charge in [0, 0.05) is 12.6 Å². The van der Waals surface area contributed by atoms with Crippen LogP contribution in [-0.2, 0) is 6.54 Å². The van der Waals surface area contributed by atoms with E-state index in [4.69, 9.17) is 10.3 Å². The van der Waals surface area contributed by atoms with Gasteiger partial charge in [0.25, 0.3) is 5.91 Å². The molecule has 3 N–H and O–H groups in total. The zero-order valence-electron chi connectivity index (χ0n) is 12.3. The predicted octanol–water partition coefficient (Wildman–Crippen LogP) is 0.799. The van der Waals surface area contributed by atoms with Crippen LogP contribution in [0.2, 0.25) is 0 Å². The largest absolute Gasteiger partial charge is 0.467 e. The Hall–Kier alpha value is -1.37. The Morgan fingerprint density at radius 3 is 3.15 bits per heavy atom. The van der Waals surface area contributed by atoms with Crippen LogP contribution in [-0.4, -0.2) is 48.4 Å². The summed E-state index contributed by atoms with van der Waals surface area (Å²) in [5.74, 6) is 5.56. The van der Waals surface area contributed by atoms with Crippen molar-refractivity contribution in [2.45, 2.75) is 32.4 Å². The van der Waals surface area contributed by atoms with E-state index in [1.54, 1.807) is 6.07 Å². The molecule has 1 atom stereocenters. The van der Waals surface area contributed by atoms with Crippen molar-refractivity contribution in [3.63, 3.8) is 0 Å². The van der Waals surface area contributed by atoms with E-state index in [2.05, 4.69) is 29.2 Å². The predicted molar refractivity (Wildman–Crippen MR) is 77.0 cm³/mol. The highest BCUT2D eigenvalue weighted by Gasteiger charge is 2.24. The zero-order valence-corrected chi connectivity index (χ0v) is 12.3. The number of hydrogen-bond donors (Lipinski definition) is 2. The molecule has 1 aromatic rings. The lowest BCUT2D eigenvalue weighted by molar-refractivity contribution is 0.0953. The second-order valence-electron chi connectivity index (χ2n) is 5.40. The molecular formula is C14H24N4O2. The van der Waals surface area contributed by atoms with Crippen LogP contribution in [0.3, 0.4) is 0 Å². The number of hydrogen-bond acceptors (Lipinski definition) is 5. The molecule has 0 saturated carbocycles. The standard InChI is InChI=1S/C14H24N4O2/c1-3-18-6-4-5-12(18)8-17(2)9-13-7-11(10-20-13)14(19)16-15/h7,10,12H,3-6,8-9,15H2,1-2H3,(H,16,19). The third-order valence-electron chi connectivity index (χ3n) is 3.90. The highest BCUT2D eigenvalue weighted by molar-refractivity contribution is 5.93. The molecule has 1 aliphatic rings. The van der Waals surface area contributed by atoms with Crippen molar-refractivity contribution >= 4 is 5.91 Å². The van der Waals surface area contributed by atoms with Gasteiger partial charge >= 0.3 is 0 Å². The van der Waals surface area contributed by atoms with Crippen molar-refractivity contribution in [2.75, 3.05) is 26.7 Å². The van der Waals surface area contributed by atoms with E-state index < -0.39 is 0 Å². The van der Waals surface area contributed by atoms with Crippen LogP contribution in [0.15, 0.2) is 16.7 Å². The Bertz CT molecular complexity index is 446. The smallest absolute Gasteiger partial charge is 0.268 e. The molecule has 6 heteroatoms. The molecule has 0 aliphatic carbocycles. The van der Waals surface area contributed by atoms with E-state index in [-0.39, 0.29) is 5.91 Å². The lowest BCUT2D eigenvalue weighted by atomic mass is 10.2. The average Bonchev–Trinajstić information content (AvgIpc) is 3.06. The Balaban J connectivity index is 1.86. The van der Waals surface area contributed by atoms with Crippen molar-refractivity contribution in [1.29, 1.82) is 0 Å². The summed E-state index contributed by atoms with van der Waals surface area (Å²) in [6, 6.07) is 2.37. The molecule has 6 nitrogen and oxygen atoms in total. The third-order valence-corrected chi connectivity index (χ3v) is 3.90. The Morgan fingerprint density at radius 1 is 1.65 bits per heavy atom. The number of hydrazine groups is 1. The Kier molecular flexibility index (Phi) is 5.17. The number of carbonyl (C=O) groups is 1. The van der Waals surface area contributed by atoms with Crippen molar-refractivity contribution < 1.29 is 9.21 Å². The molecule has 1 saturated heterocycles. The van der Waals surface area contributed by atoms with Gasteiger partial charge in [0.2, 0.25) is 0 Å². The van der Waals surface area contributed by atoms with E-state index in [9.17, 15) is 4.79 Å². The van der Waals surface area contributed by atoms with Gasteiger partial charge in [-0.1, -0.05) is 6.92 Å². The van der Waals surface area contributed by atoms with Crippen LogP contribution in [0.5, 0.6) is 0 Å². The first-order chi connectivity index (χ1) is 9.63. The number of nitrogens with one attached hydrogen (secondary N) is 1. The molecular weight excluding hydrogens is 256 g/mol. The normalized spacial score (nSPS) is 19.7. The van der Waals surface area contributed by atoms with E-state index in [0.717, 1.165) is 18.8 Å². The second-order valence-corrected chi connectivity index (χ2v) is 5.40. The van der Waals surface area contributed by atoms with E-state index in [1.807, 2.05) is 0 Å². The maximum atomic E-state index is 11.4. The van der Waals surface area contributed by atoms with Crippen molar-refractivity contribution in [2.24, 2.45) is 5.84 Å². The number of likely N-dealkylation sites (N-methyl/N-ethyl adjacent to an activating group) is 2. The second kappa shape index (κ2) is 6.88. The maximum Gasteiger partial charge on any atom is 0.268 e. The number of rotatable bonds is 6. The minimum Gasteiger partial charge on any atom is -0.467 e. The highest BCUT2D eigenvalue weighted by Crippen LogP contribution is 2.18. The number of amides is 1. The van der Waals surface area contributed by atoms with Crippen LogP contribution in [0.25, 0.3) is 0 Å². The Morgan fingerprint density at radius 2 is 2.45 bits per heavy atom. The molecule has 20 heavy (non-hydrogen) atoms. The summed E-state index contributed by atoms with van der Waals surface area (Å²) in [5, 5.41) is 0. The monoisotopic (exact) mass is 280 g/mol. The third kappa shape index (κ3) is 3.59. The van der Waals surface area contributed by atoms with E-state index in [1.165, 1.54) is 25.6 Å². The first-order valence-electron chi connectivity index (χ1n) is 7.15. The van der Waals surface area contributed by atoms with Gasteiger partial charge in [-0.25, -0.2) is 5.84 Å². The number of nitrogens with two attached hydrogens (primary N) is 1. The average molecular weight is 280 g/mol. The van der Waals surface area contributed by atoms with Crippen LogP contribution in [0, 0.1) is 0 Å². The molecule has 0 radical (unpaired) electrons. The fourth-order valence-electron chi connectivity index (χ4n) is 2.87. The van der Waals surface area contributed by atoms with Gasteiger partial charge < -0.3 is 4.42 Å². The maximum absolute atomic E-state index is 11.4. The van der Waals surface area contributed by atoms with Crippen molar-refractivity contribution in [3.8, 4) is 0 Å². The van der Waals surface area contributed by atoms with Crippen LogP contribution in [0.4, 0.5) is 0 Å². The van der Waals surface area contributed by atoms with Gasteiger partial charge in [0.1, 0.15) is 12.0 Å². The molecule has 1 aliphatic heterocycles. The van der Waals surface area contributed by atoms with Gasteiger partial charge in [-0.05, 0) is 39.0 Å². The zero-order chi connectivity index (χ0) is 14.5. The summed E-state index contributed by atoms with van der Waals surface area (Å²) in [5.41, 5.74) is 2.57. The number of nitrogens with zero attached hydrogens (tertiary/aromatic N) is 2. The van der Waals surface area contributed by atoms with Gasteiger partial charge in [-0.15, -0.1) is 0 Å². The van der Waals surface area contributed by atoms with Crippen molar-refractivity contribution in [3.05, 3.63) is 23.7 Å². The lowest BCUT2D eigenvalue weighted by Gasteiger charge is -2.27. The summed E-state index contributed by atoms with van der Waals surface area (Å²) in [6.07, 6.45) is 3.99. The molecule has 0 spiro atoms. The van der Waals surface area contributed by atoms with Crippen LogP contribution < -0.4 is 11.3 Å². The molecule has 0 bridgehead atoms. The quantitative estimate of drug-likeness (QED) is 0.458. The molecule has 2 rings (SSSR count). The summed E-state index contributed by atoms with van der Waals surface area (Å²) in [4.78, 5) is 16.1. The summed E-state index contributed by atoms with van der Waals surface area (Å²) in [7, 11) is 2.08. The van der Waals surface area contributed by atoms with E-state index in [0.29, 0.717) is 18.2 Å². The minimum absolute atomic E-state index is 0.324. The first-order valence-corrected chi connectivity index (χ1v) is 7.15. The molecule has 112 valence electrons. The lowest BCUT2D eigenvalue weighted by Crippen LogP contribution is -2.38. The molecule has 1 amide bonds. The highest BCUT2D eigenvalue weighted by atomic mass is 16.3. The molecule has 1 unspecified atom stereocenters. The number of nitrogen functional groups attached to an aromatic ring is 1. The summed E-state index contributed by atoms with van der Waals surface area (Å²) < 4.78 is 5.40. The molecule has 2 heterocycles. The fraction of sp³-hybridized carbons (Fsp3) is 0.643. The number of likely N-dealkylation sites (tertiary alicyclic amines) is 1. The number of carbonyl (C=O) groups excluding carboxylic acids is 1. The minimum atomic E-state index is -0.324. The van der Waals surface area contributed by atoms with Crippen molar-refractivity contribution in [1.82, 2.24) is 15.2 Å². The van der Waals surface area contributed by atoms with E-state index >= 15 is 0 Å². The number of furan rings is 1. The molecule has 0 aromatic carbocycles. The van der Waals surface area contributed by atoms with Crippen LogP contribution >= 0.6 is 0 Å². The summed E-state index contributed by atoms with van der Waals surface area (Å²) in [6.45, 7) is 6.25. The molecule has 1 fully saturated rings. The Labute approximate surface area is 119 Å². The molecule has 1 aromatic heterocycles. The van der Waals surface area contributed by atoms with Gasteiger partial charge in [0.05, 0.1) is 12.1 Å². The van der Waals surface area contributed by atoms with Crippen LogP contribution in [0.1, 0.15) is 35.9 Å². The topological polar surface area (TPSA) is 74.7 Å². The fourth-order valence-corrected chi connectivity index (χ4v) is 2.87. The first kappa shape index (κ1) is 15.0. The van der Waals surface area contributed by atoms with Gasteiger partial charge in [-0.3, -0.25) is 20.0 Å². The van der Waals surface area contributed by atoms with Gasteiger partial charge in [-0.2, -0.15) is 0 Å². The SMILES string of the molecule is CCN1CCCC1CN(C)Cc1cc(C(=O)NN)co1. The van der Waals surface area contributed by atoms with Gasteiger partial charge in [0.15, 0.2) is 0 Å². The summed E-state index contributed by atoms with van der Waals surface area (Å²) >= 11 is 0.